The molecule has 6 nitrogen and oxygen atoms in total. The molecule has 0 aliphatic heterocycles. The summed E-state index contributed by atoms with van der Waals surface area (Å²) in [5, 5.41) is 12.6. The molecule has 0 radical (unpaired) electrons. The van der Waals surface area contributed by atoms with Crippen molar-refractivity contribution < 1.29 is 19.4 Å². The van der Waals surface area contributed by atoms with Crippen LogP contribution in [0.4, 0.5) is 5.69 Å². The fourth-order valence-electron chi connectivity index (χ4n) is 2.08. The third-order valence-corrected chi connectivity index (χ3v) is 3.49. The molecular weight excluding hydrogens is 332 g/mol. The predicted molar refractivity (Wildman–Crippen MR) is 97.0 cm³/mol. The number of nitrogens with zero attached hydrogens (tertiary/aromatic N) is 1. The fourth-order valence-corrected chi connectivity index (χ4v) is 2.08. The largest absolute Gasteiger partial charge is 0.507 e. The smallest absolute Gasteiger partial charge is 0.341 e. The van der Waals surface area contributed by atoms with E-state index in [2.05, 4.69) is 24.1 Å². The molecule has 0 heterocycles. The molecule has 0 unspecified atom stereocenters. The minimum Gasteiger partial charge on any atom is -0.507 e. The maximum Gasteiger partial charge on any atom is 0.341 e. The first-order chi connectivity index (χ1) is 11.0. The number of phenolic OH excluding ortho intramolecular Hbond substituents is 1. The molecule has 0 fully saturated rings. The van der Waals surface area contributed by atoms with Gasteiger partial charge >= 0.3 is 5.97 Å². The minimum absolute atomic E-state index is 0. The Labute approximate surface area is 149 Å². The van der Waals surface area contributed by atoms with Crippen LogP contribution in [0.3, 0.4) is 0 Å². The van der Waals surface area contributed by atoms with E-state index in [1.165, 1.54) is 12.1 Å². The van der Waals surface area contributed by atoms with Gasteiger partial charge in [-0.2, -0.15) is 0 Å². The molecule has 1 amide bonds. The van der Waals surface area contributed by atoms with Crippen LogP contribution in [0.25, 0.3) is 0 Å². The summed E-state index contributed by atoms with van der Waals surface area (Å²) in [5.74, 6) is -0.894. The minimum atomic E-state index is -0.566. The van der Waals surface area contributed by atoms with Gasteiger partial charge < -0.3 is 20.1 Å². The summed E-state index contributed by atoms with van der Waals surface area (Å²) in [7, 11) is 0. The molecule has 0 aliphatic carbocycles. The second kappa shape index (κ2) is 11.7. The van der Waals surface area contributed by atoms with Gasteiger partial charge in [0.25, 0.3) is 0 Å². The van der Waals surface area contributed by atoms with Crippen LogP contribution >= 0.6 is 12.4 Å². The Hall–Kier alpha value is -1.79. The molecule has 7 heteroatoms. The third-order valence-electron chi connectivity index (χ3n) is 3.49. The van der Waals surface area contributed by atoms with E-state index >= 15 is 0 Å². The number of anilines is 1. The topological polar surface area (TPSA) is 78.9 Å². The number of carbonyl (C=O) groups excluding carboxylic acids is 2. The van der Waals surface area contributed by atoms with Gasteiger partial charge in [-0.15, -0.1) is 12.4 Å². The van der Waals surface area contributed by atoms with Crippen LogP contribution in [-0.2, 0) is 9.53 Å². The van der Waals surface area contributed by atoms with Crippen molar-refractivity contribution in [2.24, 2.45) is 0 Å². The Morgan fingerprint density at radius 1 is 1.21 bits per heavy atom. The normalized spacial score (nSPS) is 10.2. The molecule has 136 valence electrons. The molecule has 24 heavy (non-hydrogen) atoms. The lowest BCUT2D eigenvalue weighted by atomic mass is 10.2. The number of nitrogens with one attached hydrogen (secondary N) is 1. The molecule has 0 saturated heterocycles. The molecule has 0 bridgehead atoms. The number of ether oxygens (including phenoxy) is 1. The molecule has 1 rings (SSSR count). The van der Waals surface area contributed by atoms with Crippen molar-refractivity contribution >= 4 is 30.0 Å². The number of halogens is 1. The van der Waals surface area contributed by atoms with Crippen LogP contribution in [0.1, 0.15) is 44.0 Å². The zero-order valence-electron chi connectivity index (χ0n) is 14.5. The SMILES string of the molecule is CCCOC(=O)c1ccc(NC(=O)CCN(CC)CC)cc1O.Cl. The molecule has 0 aliphatic rings. The second-order valence-corrected chi connectivity index (χ2v) is 5.19. The summed E-state index contributed by atoms with van der Waals surface area (Å²) >= 11 is 0. The third kappa shape index (κ3) is 7.19. The summed E-state index contributed by atoms with van der Waals surface area (Å²) in [6.07, 6.45) is 1.09. The van der Waals surface area contributed by atoms with E-state index in [1.54, 1.807) is 6.07 Å². The fraction of sp³-hybridized carbons (Fsp3) is 0.529. The lowest BCUT2D eigenvalue weighted by molar-refractivity contribution is -0.116. The van der Waals surface area contributed by atoms with Crippen molar-refractivity contribution in [3.05, 3.63) is 23.8 Å². The zero-order valence-corrected chi connectivity index (χ0v) is 15.3. The van der Waals surface area contributed by atoms with Gasteiger partial charge in [0.15, 0.2) is 0 Å². The standard InChI is InChI=1S/C17H26N2O4.ClH/c1-4-11-23-17(22)14-8-7-13(12-15(14)20)18-16(21)9-10-19(5-2)6-3;/h7-8,12,20H,4-6,9-11H2,1-3H3,(H,18,21);1H. The zero-order chi connectivity index (χ0) is 17.2. The highest BCUT2D eigenvalue weighted by molar-refractivity contribution is 5.95. The Bertz CT molecular complexity index is 533. The molecule has 0 spiro atoms. The van der Waals surface area contributed by atoms with E-state index in [-0.39, 0.29) is 29.6 Å². The van der Waals surface area contributed by atoms with Crippen molar-refractivity contribution in [3.63, 3.8) is 0 Å². The van der Waals surface area contributed by atoms with E-state index in [0.29, 0.717) is 31.7 Å². The van der Waals surface area contributed by atoms with Gasteiger partial charge in [0.2, 0.25) is 5.91 Å². The van der Waals surface area contributed by atoms with Gasteiger partial charge in [-0.25, -0.2) is 4.79 Å². The first-order valence-corrected chi connectivity index (χ1v) is 8.04. The summed E-state index contributed by atoms with van der Waals surface area (Å²) in [6, 6.07) is 4.39. The highest BCUT2D eigenvalue weighted by Crippen LogP contribution is 2.23. The van der Waals surface area contributed by atoms with E-state index in [1.807, 2.05) is 6.92 Å². The predicted octanol–water partition coefficient (Wildman–Crippen LogP) is 3.05. The first-order valence-electron chi connectivity index (χ1n) is 8.04. The number of esters is 1. The molecule has 0 atom stereocenters. The number of carbonyl (C=O) groups is 2. The number of hydrogen-bond donors (Lipinski definition) is 2. The molecule has 0 saturated carbocycles. The lowest BCUT2D eigenvalue weighted by Crippen LogP contribution is -2.27. The first kappa shape index (κ1) is 22.2. The molecular formula is C17H27ClN2O4. The van der Waals surface area contributed by atoms with Crippen molar-refractivity contribution in [2.75, 3.05) is 31.6 Å². The van der Waals surface area contributed by atoms with Crippen LogP contribution in [0.5, 0.6) is 5.75 Å². The van der Waals surface area contributed by atoms with E-state index < -0.39 is 5.97 Å². The lowest BCUT2D eigenvalue weighted by Gasteiger charge is -2.17. The number of rotatable bonds is 9. The average Bonchev–Trinajstić information content (AvgIpc) is 2.53. The van der Waals surface area contributed by atoms with Gasteiger partial charge in [-0.05, 0) is 31.6 Å². The van der Waals surface area contributed by atoms with Crippen LogP contribution < -0.4 is 5.32 Å². The van der Waals surface area contributed by atoms with Crippen molar-refractivity contribution in [2.45, 2.75) is 33.6 Å². The Morgan fingerprint density at radius 3 is 2.42 bits per heavy atom. The number of hydrogen-bond acceptors (Lipinski definition) is 5. The maximum absolute atomic E-state index is 11.9. The summed E-state index contributed by atoms with van der Waals surface area (Å²) in [5.41, 5.74) is 0.554. The van der Waals surface area contributed by atoms with Gasteiger partial charge in [-0.3, -0.25) is 4.79 Å². The van der Waals surface area contributed by atoms with Crippen LogP contribution in [0.2, 0.25) is 0 Å². The summed E-state index contributed by atoms with van der Waals surface area (Å²) < 4.78 is 4.98. The Balaban J connectivity index is 0.00000529. The molecule has 0 aromatic heterocycles. The average molecular weight is 359 g/mol. The highest BCUT2D eigenvalue weighted by atomic mass is 35.5. The van der Waals surface area contributed by atoms with Crippen molar-refractivity contribution in [1.82, 2.24) is 4.90 Å². The Kier molecular flexibility index (Phi) is 10.8. The molecule has 2 N–H and O–H groups in total. The number of benzene rings is 1. The number of aromatic hydroxyl groups is 1. The molecule has 1 aromatic carbocycles. The number of phenols is 1. The quantitative estimate of drug-likeness (QED) is 0.663. The highest BCUT2D eigenvalue weighted by Gasteiger charge is 2.14. The van der Waals surface area contributed by atoms with Gasteiger partial charge in [-0.1, -0.05) is 20.8 Å². The van der Waals surface area contributed by atoms with Crippen molar-refractivity contribution in [3.8, 4) is 5.75 Å². The van der Waals surface area contributed by atoms with E-state index in [9.17, 15) is 14.7 Å². The van der Waals surface area contributed by atoms with Gasteiger partial charge in [0.05, 0.1) is 6.61 Å². The second-order valence-electron chi connectivity index (χ2n) is 5.19. The summed E-state index contributed by atoms with van der Waals surface area (Å²) in [6.45, 7) is 8.79. The summed E-state index contributed by atoms with van der Waals surface area (Å²) in [4.78, 5) is 25.8. The van der Waals surface area contributed by atoms with Crippen LogP contribution in [-0.4, -0.2) is 48.1 Å². The van der Waals surface area contributed by atoms with Gasteiger partial charge in [0.1, 0.15) is 11.3 Å². The van der Waals surface area contributed by atoms with E-state index in [0.717, 1.165) is 13.1 Å². The maximum atomic E-state index is 11.9. The van der Waals surface area contributed by atoms with Gasteiger partial charge in [0, 0.05) is 24.7 Å². The molecule has 1 aromatic rings. The Morgan fingerprint density at radius 2 is 1.88 bits per heavy atom. The monoisotopic (exact) mass is 358 g/mol. The number of amides is 1. The van der Waals surface area contributed by atoms with Crippen molar-refractivity contribution in [1.29, 1.82) is 0 Å². The van der Waals surface area contributed by atoms with E-state index in [4.69, 9.17) is 4.74 Å². The van der Waals surface area contributed by atoms with Crippen LogP contribution in [0, 0.1) is 0 Å². The van der Waals surface area contributed by atoms with Crippen LogP contribution in [0.15, 0.2) is 18.2 Å².